The first-order valence-corrected chi connectivity index (χ1v) is 7.97. The van der Waals surface area contributed by atoms with Crippen molar-refractivity contribution in [3.05, 3.63) is 66.0 Å². The molecule has 2 aromatic carbocycles. The van der Waals surface area contributed by atoms with Gasteiger partial charge >= 0.3 is 0 Å². The smallest absolute Gasteiger partial charge is 0.271 e. The molecule has 0 aliphatic rings. The molecule has 1 N–H and O–H groups in total. The molecule has 1 heterocycles. The molecule has 6 nitrogen and oxygen atoms in total. The summed E-state index contributed by atoms with van der Waals surface area (Å²) >= 11 is 0. The van der Waals surface area contributed by atoms with Crippen LogP contribution in [-0.4, -0.2) is 36.2 Å². The number of carbonyl (C=O) groups is 1. The van der Waals surface area contributed by atoms with Gasteiger partial charge in [-0.2, -0.15) is 0 Å². The molecule has 0 radical (unpaired) electrons. The minimum atomic E-state index is -0.251. The summed E-state index contributed by atoms with van der Waals surface area (Å²) in [6.07, 6.45) is 1.49. The van der Waals surface area contributed by atoms with E-state index in [1.54, 1.807) is 7.11 Å². The molecule has 25 heavy (non-hydrogen) atoms. The number of fused-ring (bicyclic) bond motifs is 1. The summed E-state index contributed by atoms with van der Waals surface area (Å²) in [6, 6.07) is 15.0. The fraction of sp³-hybridized carbons (Fsp3) is 0.211. The highest BCUT2D eigenvalue weighted by molar-refractivity contribution is 5.93. The van der Waals surface area contributed by atoms with E-state index in [0.717, 1.165) is 16.8 Å². The van der Waals surface area contributed by atoms with Crippen LogP contribution in [0.3, 0.4) is 0 Å². The number of hydrogen-bond acceptors (Lipinski definition) is 5. The predicted molar refractivity (Wildman–Crippen MR) is 94.5 cm³/mol. The number of benzene rings is 2. The van der Waals surface area contributed by atoms with Crippen LogP contribution in [-0.2, 0) is 11.3 Å². The van der Waals surface area contributed by atoms with E-state index in [4.69, 9.17) is 9.47 Å². The summed E-state index contributed by atoms with van der Waals surface area (Å²) in [4.78, 5) is 20.8. The van der Waals surface area contributed by atoms with Gasteiger partial charge in [-0.25, -0.2) is 4.98 Å². The molecular weight excluding hydrogens is 318 g/mol. The highest BCUT2D eigenvalue weighted by atomic mass is 16.5. The monoisotopic (exact) mass is 337 g/mol. The van der Waals surface area contributed by atoms with Crippen LogP contribution >= 0.6 is 0 Å². The summed E-state index contributed by atoms with van der Waals surface area (Å²) in [5.74, 6) is 0.520. The number of carbonyl (C=O) groups excluding carboxylic acids is 1. The number of nitrogens with one attached hydrogen (secondary N) is 1. The fourth-order valence-corrected chi connectivity index (χ4v) is 2.29. The van der Waals surface area contributed by atoms with Crippen molar-refractivity contribution in [3.63, 3.8) is 0 Å². The first kappa shape index (κ1) is 16.9. The van der Waals surface area contributed by atoms with Crippen LogP contribution in [0.2, 0.25) is 0 Å². The normalized spacial score (nSPS) is 10.6. The molecule has 3 aromatic rings. The molecule has 0 saturated carbocycles. The Balaban J connectivity index is 1.57. The second-order valence-corrected chi connectivity index (χ2v) is 5.41. The predicted octanol–water partition coefficient (Wildman–Crippen LogP) is 2.59. The van der Waals surface area contributed by atoms with Gasteiger partial charge < -0.3 is 14.8 Å². The molecule has 6 heteroatoms. The SMILES string of the molecule is COCCOc1ccc(CNC(=O)c2cnc3ccccc3n2)cc1. The summed E-state index contributed by atoms with van der Waals surface area (Å²) < 4.78 is 10.4. The first-order chi connectivity index (χ1) is 12.3. The Morgan fingerprint density at radius 3 is 2.56 bits per heavy atom. The number of para-hydroxylation sites is 2. The van der Waals surface area contributed by atoms with E-state index in [9.17, 15) is 4.79 Å². The van der Waals surface area contributed by atoms with E-state index in [1.165, 1.54) is 6.20 Å². The molecule has 0 aliphatic heterocycles. The van der Waals surface area contributed by atoms with Crippen molar-refractivity contribution >= 4 is 16.9 Å². The van der Waals surface area contributed by atoms with E-state index < -0.39 is 0 Å². The third-order valence-corrected chi connectivity index (χ3v) is 3.61. The molecule has 3 rings (SSSR count). The third-order valence-electron chi connectivity index (χ3n) is 3.61. The Morgan fingerprint density at radius 1 is 1.04 bits per heavy atom. The van der Waals surface area contributed by atoms with Gasteiger partial charge in [-0.3, -0.25) is 9.78 Å². The molecule has 0 aliphatic carbocycles. The summed E-state index contributed by atoms with van der Waals surface area (Å²) in [5.41, 5.74) is 2.75. The van der Waals surface area contributed by atoms with Gasteiger partial charge in [0.2, 0.25) is 0 Å². The van der Waals surface area contributed by atoms with Crippen molar-refractivity contribution in [1.29, 1.82) is 0 Å². The highest BCUT2D eigenvalue weighted by Crippen LogP contribution is 2.12. The summed E-state index contributed by atoms with van der Waals surface area (Å²) in [5, 5.41) is 2.85. The van der Waals surface area contributed by atoms with Gasteiger partial charge in [-0.1, -0.05) is 24.3 Å². The van der Waals surface area contributed by atoms with Crippen molar-refractivity contribution in [1.82, 2.24) is 15.3 Å². The van der Waals surface area contributed by atoms with Gasteiger partial charge in [0.05, 0.1) is 23.8 Å². The number of rotatable bonds is 7. The number of nitrogens with zero attached hydrogens (tertiary/aromatic N) is 2. The van der Waals surface area contributed by atoms with Crippen LogP contribution in [0.15, 0.2) is 54.7 Å². The lowest BCUT2D eigenvalue weighted by atomic mass is 10.2. The molecule has 1 amide bonds. The van der Waals surface area contributed by atoms with Crippen LogP contribution in [0.4, 0.5) is 0 Å². The zero-order chi connectivity index (χ0) is 17.5. The number of amides is 1. The molecule has 0 saturated heterocycles. The van der Waals surface area contributed by atoms with E-state index >= 15 is 0 Å². The molecule has 0 fully saturated rings. The fourth-order valence-electron chi connectivity index (χ4n) is 2.29. The molecule has 0 unspecified atom stereocenters. The van der Waals surface area contributed by atoms with Crippen molar-refractivity contribution < 1.29 is 14.3 Å². The van der Waals surface area contributed by atoms with Crippen molar-refractivity contribution in [2.75, 3.05) is 20.3 Å². The zero-order valence-corrected chi connectivity index (χ0v) is 13.9. The average molecular weight is 337 g/mol. The molecular formula is C19H19N3O3. The lowest BCUT2D eigenvalue weighted by Crippen LogP contribution is -2.24. The Bertz CT molecular complexity index is 850. The van der Waals surface area contributed by atoms with E-state index in [-0.39, 0.29) is 5.91 Å². The third kappa shape index (κ3) is 4.51. The lowest BCUT2D eigenvalue weighted by Gasteiger charge is -2.08. The Kier molecular flexibility index (Phi) is 5.53. The number of aromatic nitrogens is 2. The average Bonchev–Trinajstić information content (AvgIpc) is 2.67. The van der Waals surface area contributed by atoms with Crippen LogP contribution in [0.25, 0.3) is 11.0 Å². The summed E-state index contributed by atoms with van der Waals surface area (Å²) in [6.45, 7) is 1.46. The van der Waals surface area contributed by atoms with Gasteiger partial charge in [-0.05, 0) is 29.8 Å². The Morgan fingerprint density at radius 2 is 1.80 bits per heavy atom. The first-order valence-electron chi connectivity index (χ1n) is 7.97. The molecule has 128 valence electrons. The van der Waals surface area contributed by atoms with Crippen molar-refractivity contribution in [2.24, 2.45) is 0 Å². The Labute approximate surface area is 145 Å². The topological polar surface area (TPSA) is 73.3 Å². The maximum atomic E-state index is 12.3. The van der Waals surface area contributed by atoms with Crippen molar-refractivity contribution in [3.8, 4) is 5.75 Å². The Hall–Kier alpha value is -2.99. The maximum Gasteiger partial charge on any atom is 0.271 e. The van der Waals surface area contributed by atoms with E-state index in [1.807, 2.05) is 48.5 Å². The molecule has 0 bridgehead atoms. The number of ether oxygens (including phenoxy) is 2. The minimum absolute atomic E-state index is 0.251. The van der Waals surface area contributed by atoms with Crippen LogP contribution < -0.4 is 10.1 Å². The van der Waals surface area contributed by atoms with Gasteiger partial charge in [0, 0.05) is 13.7 Å². The molecule has 0 spiro atoms. The second kappa shape index (κ2) is 8.21. The molecule has 0 atom stereocenters. The standard InChI is InChI=1S/C19H19N3O3/c1-24-10-11-25-15-8-6-14(7-9-15)12-21-19(23)18-13-20-16-4-2-3-5-17(16)22-18/h2-9,13H,10-12H2,1H3,(H,21,23). The van der Waals surface area contributed by atoms with Gasteiger partial charge in [0.1, 0.15) is 18.1 Å². The number of hydrogen-bond donors (Lipinski definition) is 1. The van der Waals surface area contributed by atoms with Gasteiger partial charge in [0.15, 0.2) is 0 Å². The number of methoxy groups -OCH3 is 1. The van der Waals surface area contributed by atoms with Crippen LogP contribution in [0.1, 0.15) is 16.1 Å². The molecule has 1 aromatic heterocycles. The second-order valence-electron chi connectivity index (χ2n) is 5.41. The largest absolute Gasteiger partial charge is 0.491 e. The lowest BCUT2D eigenvalue weighted by molar-refractivity contribution is 0.0946. The highest BCUT2D eigenvalue weighted by Gasteiger charge is 2.08. The quantitative estimate of drug-likeness (QED) is 0.671. The van der Waals surface area contributed by atoms with Crippen molar-refractivity contribution in [2.45, 2.75) is 6.54 Å². The van der Waals surface area contributed by atoms with Crippen LogP contribution in [0, 0.1) is 0 Å². The van der Waals surface area contributed by atoms with Gasteiger partial charge in [-0.15, -0.1) is 0 Å². The minimum Gasteiger partial charge on any atom is -0.491 e. The van der Waals surface area contributed by atoms with E-state index in [2.05, 4.69) is 15.3 Å². The maximum absolute atomic E-state index is 12.3. The summed E-state index contributed by atoms with van der Waals surface area (Å²) in [7, 11) is 1.63. The van der Waals surface area contributed by atoms with Gasteiger partial charge in [0.25, 0.3) is 5.91 Å². The van der Waals surface area contributed by atoms with Crippen LogP contribution in [0.5, 0.6) is 5.75 Å². The zero-order valence-electron chi connectivity index (χ0n) is 13.9. The van der Waals surface area contributed by atoms with E-state index in [0.29, 0.717) is 31.0 Å².